The molecule has 0 unspecified atom stereocenters. The molecular weight excluding hydrogens is 268 g/mol. The van der Waals surface area contributed by atoms with Gasteiger partial charge in [-0.2, -0.15) is 0 Å². The molecule has 0 aliphatic rings. The molecule has 3 aromatic carbocycles. The average molecular weight is 288 g/mol. The van der Waals surface area contributed by atoms with Gasteiger partial charge in [-0.25, -0.2) is 0 Å². The third kappa shape index (κ3) is 2.75. The van der Waals surface area contributed by atoms with E-state index in [0.29, 0.717) is 5.75 Å². The quantitative estimate of drug-likeness (QED) is 0.646. The van der Waals surface area contributed by atoms with Crippen LogP contribution in [0.5, 0.6) is 5.75 Å². The largest absolute Gasteiger partial charge is 0.507 e. The van der Waals surface area contributed by atoms with Gasteiger partial charge in [-0.15, -0.1) is 0 Å². The molecule has 0 aromatic heterocycles. The molecule has 3 aromatic rings. The molecule has 1 N–H and O–H groups in total. The van der Waals surface area contributed by atoms with Gasteiger partial charge in [0.1, 0.15) is 5.75 Å². The molecule has 0 spiro atoms. The molecule has 0 radical (unpaired) electrons. The van der Waals surface area contributed by atoms with E-state index in [-0.39, 0.29) is 0 Å². The summed E-state index contributed by atoms with van der Waals surface area (Å²) in [6.07, 6.45) is 0. The highest BCUT2D eigenvalue weighted by Crippen LogP contribution is 2.30. The standard InChI is InChI=1S/C21H20O/c1-14-4-6-17(7-5-14)18-8-10-19(11-9-18)20-12-15(2)21(22)16(3)13-20/h4-13,22H,1-3H3. The minimum atomic E-state index is 0.389. The van der Waals surface area contributed by atoms with Gasteiger partial charge in [-0.3, -0.25) is 0 Å². The fraction of sp³-hybridized carbons (Fsp3) is 0.143. The molecule has 22 heavy (non-hydrogen) atoms. The van der Waals surface area contributed by atoms with Crippen LogP contribution in [0.1, 0.15) is 16.7 Å². The van der Waals surface area contributed by atoms with Crippen LogP contribution in [-0.4, -0.2) is 5.11 Å². The Balaban J connectivity index is 1.96. The van der Waals surface area contributed by atoms with Gasteiger partial charge in [0, 0.05) is 0 Å². The van der Waals surface area contributed by atoms with E-state index in [0.717, 1.165) is 16.7 Å². The van der Waals surface area contributed by atoms with Crippen LogP contribution in [0.4, 0.5) is 0 Å². The molecule has 0 fully saturated rings. The maximum Gasteiger partial charge on any atom is 0.121 e. The molecule has 0 amide bonds. The van der Waals surface area contributed by atoms with Crippen LogP contribution in [0.15, 0.2) is 60.7 Å². The van der Waals surface area contributed by atoms with Gasteiger partial charge in [0.15, 0.2) is 0 Å². The van der Waals surface area contributed by atoms with Gasteiger partial charge in [-0.1, -0.05) is 54.1 Å². The molecule has 3 rings (SSSR count). The normalized spacial score (nSPS) is 10.7. The first kappa shape index (κ1) is 14.4. The van der Waals surface area contributed by atoms with Gasteiger partial charge in [0.25, 0.3) is 0 Å². The monoisotopic (exact) mass is 288 g/mol. The van der Waals surface area contributed by atoms with E-state index < -0.39 is 0 Å². The molecule has 0 saturated carbocycles. The summed E-state index contributed by atoms with van der Waals surface area (Å²) in [6, 6.07) is 21.2. The van der Waals surface area contributed by atoms with Crippen molar-refractivity contribution in [3.63, 3.8) is 0 Å². The van der Waals surface area contributed by atoms with E-state index in [2.05, 4.69) is 55.5 Å². The zero-order chi connectivity index (χ0) is 15.7. The SMILES string of the molecule is Cc1ccc(-c2ccc(-c3cc(C)c(O)c(C)c3)cc2)cc1. The van der Waals surface area contributed by atoms with E-state index in [9.17, 15) is 5.11 Å². The summed E-state index contributed by atoms with van der Waals surface area (Å²) in [5.74, 6) is 0.389. The third-order valence-corrected chi connectivity index (χ3v) is 4.09. The predicted molar refractivity (Wildman–Crippen MR) is 93.2 cm³/mol. The van der Waals surface area contributed by atoms with Gasteiger partial charge >= 0.3 is 0 Å². The zero-order valence-corrected chi connectivity index (χ0v) is 13.2. The van der Waals surface area contributed by atoms with E-state index in [4.69, 9.17) is 0 Å². The van der Waals surface area contributed by atoms with Gasteiger partial charge in [0.05, 0.1) is 0 Å². The Labute approximate surface area is 131 Å². The highest BCUT2D eigenvalue weighted by atomic mass is 16.3. The summed E-state index contributed by atoms with van der Waals surface area (Å²) in [6.45, 7) is 5.97. The van der Waals surface area contributed by atoms with Crippen molar-refractivity contribution in [1.29, 1.82) is 0 Å². The number of aryl methyl sites for hydroxylation is 3. The molecule has 0 atom stereocenters. The van der Waals surface area contributed by atoms with Crippen molar-refractivity contribution in [3.8, 4) is 28.0 Å². The lowest BCUT2D eigenvalue weighted by atomic mass is 9.97. The van der Waals surface area contributed by atoms with Crippen molar-refractivity contribution in [2.24, 2.45) is 0 Å². The fourth-order valence-corrected chi connectivity index (χ4v) is 2.72. The topological polar surface area (TPSA) is 20.2 Å². The van der Waals surface area contributed by atoms with Crippen LogP contribution in [0.25, 0.3) is 22.3 Å². The molecule has 110 valence electrons. The molecule has 1 heteroatoms. The third-order valence-electron chi connectivity index (χ3n) is 4.09. The number of phenols is 1. The highest BCUT2D eigenvalue weighted by molar-refractivity contribution is 5.72. The predicted octanol–water partition coefficient (Wildman–Crippen LogP) is 5.65. The second kappa shape index (κ2) is 5.69. The minimum Gasteiger partial charge on any atom is -0.507 e. The van der Waals surface area contributed by atoms with Crippen molar-refractivity contribution in [2.45, 2.75) is 20.8 Å². The lowest BCUT2D eigenvalue weighted by Gasteiger charge is -2.09. The summed E-state index contributed by atoms with van der Waals surface area (Å²) >= 11 is 0. The first-order valence-electron chi connectivity index (χ1n) is 7.52. The first-order chi connectivity index (χ1) is 10.5. The molecule has 0 bridgehead atoms. The fourth-order valence-electron chi connectivity index (χ4n) is 2.72. The summed E-state index contributed by atoms with van der Waals surface area (Å²) in [5.41, 5.74) is 7.86. The number of hydrogen-bond donors (Lipinski definition) is 1. The van der Waals surface area contributed by atoms with E-state index in [1.165, 1.54) is 22.3 Å². The van der Waals surface area contributed by atoms with E-state index in [1.54, 1.807) is 0 Å². The van der Waals surface area contributed by atoms with Crippen molar-refractivity contribution < 1.29 is 5.11 Å². The lowest BCUT2D eigenvalue weighted by molar-refractivity contribution is 0.467. The molecular formula is C21H20O. The Bertz CT molecular complexity index is 773. The van der Waals surface area contributed by atoms with Crippen molar-refractivity contribution in [3.05, 3.63) is 77.4 Å². The lowest BCUT2D eigenvalue weighted by Crippen LogP contribution is -1.85. The van der Waals surface area contributed by atoms with E-state index in [1.807, 2.05) is 26.0 Å². The second-order valence-electron chi connectivity index (χ2n) is 5.90. The minimum absolute atomic E-state index is 0.389. The van der Waals surface area contributed by atoms with E-state index >= 15 is 0 Å². The van der Waals surface area contributed by atoms with Crippen molar-refractivity contribution in [1.82, 2.24) is 0 Å². The number of benzene rings is 3. The Kier molecular flexibility index (Phi) is 3.72. The van der Waals surface area contributed by atoms with Crippen molar-refractivity contribution in [2.75, 3.05) is 0 Å². The molecule has 0 heterocycles. The van der Waals surface area contributed by atoms with Gasteiger partial charge < -0.3 is 5.11 Å². The summed E-state index contributed by atoms with van der Waals surface area (Å²) in [4.78, 5) is 0. The van der Waals surface area contributed by atoms with Gasteiger partial charge in [0.2, 0.25) is 0 Å². The van der Waals surface area contributed by atoms with Crippen LogP contribution in [0, 0.1) is 20.8 Å². The Morgan fingerprint density at radius 3 is 1.36 bits per heavy atom. The Morgan fingerprint density at radius 1 is 0.545 bits per heavy atom. The second-order valence-corrected chi connectivity index (χ2v) is 5.90. The van der Waals surface area contributed by atoms with Crippen LogP contribution in [0.3, 0.4) is 0 Å². The smallest absolute Gasteiger partial charge is 0.121 e. The van der Waals surface area contributed by atoms with Crippen LogP contribution in [0.2, 0.25) is 0 Å². The highest BCUT2D eigenvalue weighted by Gasteiger charge is 2.06. The first-order valence-corrected chi connectivity index (χ1v) is 7.52. The summed E-state index contributed by atoms with van der Waals surface area (Å²) < 4.78 is 0. The van der Waals surface area contributed by atoms with Crippen LogP contribution in [-0.2, 0) is 0 Å². The summed E-state index contributed by atoms with van der Waals surface area (Å²) in [7, 11) is 0. The molecule has 0 aliphatic carbocycles. The number of phenolic OH excluding ortho intramolecular Hbond substituents is 1. The maximum atomic E-state index is 9.89. The molecule has 0 aliphatic heterocycles. The molecule has 1 nitrogen and oxygen atoms in total. The Morgan fingerprint density at radius 2 is 0.909 bits per heavy atom. The van der Waals surface area contributed by atoms with Gasteiger partial charge in [-0.05, 0) is 66.3 Å². The van der Waals surface area contributed by atoms with Crippen LogP contribution >= 0.6 is 0 Å². The van der Waals surface area contributed by atoms with Crippen LogP contribution < -0.4 is 0 Å². The zero-order valence-electron chi connectivity index (χ0n) is 13.2. The Hall–Kier alpha value is -2.54. The summed E-state index contributed by atoms with van der Waals surface area (Å²) in [5, 5.41) is 9.89. The number of hydrogen-bond acceptors (Lipinski definition) is 1. The average Bonchev–Trinajstić information content (AvgIpc) is 2.53. The van der Waals surface area contributed by atoms with Crippen molar-refractivity contribution >= 4 is 0 Å². The number of aromatic hydroxyl groups is 1. The maximum absolute atomic E-state index is 9.89. The number of rotatable bonds is 2. The molecule has 0 saturated heterocycles.